The van der Waals surface area contributed by atoms with Gasteiger partial charge in [-0.3, -0.25) is 0 Å². The predicted octanol–water partition coefficient (Wildman–Crippen LogP) is 4.00. The molecule has 1 fully saturated rings. The maximum absolute atomic E-state index is 11.4. The first-order valence-electron chi connectivity index (χ1n) is 13.7. The van der Waals surface area contributed by atoms with Gasteiger partial charge in [0.05, 0.1) is 0 Å². The number of fused-ring (bicyclic) bond motifs is 2. The molecule has 0 saturated carbocycles. The van der Waals surface area contributed by atoms with Crippen LogP contribution in [-0.2, 0) is 26.8 Å². The molecule has 0 amide bonds. The monoisotopic (exact) mass is 735 g/mol. The summed E-state index contributed by atoms with van der Waals surface area (Å²) < 4.78 is 71.5. The van der Waals surface area contributed by atoms with Crippen molar-refractivity contribution in [2.45, 2.75) is 72.9 Å². The average molecular weight is 734 g/mol. The SMILES string of the molecule is CCC(=Cc1[se]c2cc(C)c(C)cc2[n+]1CCCS(=O)(=O)O)C=C1[Se]C2=CC(C)=C(C)CC2N1CCCS(=O)(=O)O. The van der Waals surface area contributed by atoms with Crippen molar-refractivity contribution < 1.29 is 30.5 Å². The molecule has 1 atom stereocenters. The number of aromatic nitrogens is 1. The Balaban J connectivity index is 1.72. The molecule has 4 rings (SSSR count). The van der Waals surface area contributed by atoms with Crippen LogP contribution < -0.4 is 4.57 Å². The van der Waals surface area contributed by atoms with Crippen LogP contribution in [0.1, 0.15) is 62.1 Å². The minimum absolute atomic E-state index is 0.0511. The molecular weight excluding hydrogens is 694 g/mol. The van der Waals surface area contributed by atoms with E-state index in [0.717, 1.165) is 22.9 Å². The number of nitrogens with zero attached hydrogens (tertiary/aromatic N) is 2. The van der Waals surface area contributed by atoms with E-state index in [0.29, 0.717) is 25.9 Å². The fraction of sp³-hybridized carbons (Fsp3) is 0.483. The summed E-state index contributed by atoms with van der Waals surface area (Å²) in [6.07, 6.45) is 9.21. The normalized spacial score (nSPS) is 19.4. The van der Waals surface area contributed by atoms with Gasteiger partial charge in [-0.05, 0) is 0 Å². The zero-order valence-electron chi connectivity index (χ0n) is 24.2. The van der Waals surface area contributed by atoms with Gasteiger partial charge < -0.3 is 0 Å². The third kappa shape index (κ3) is 8.33. The molecule has 2 N–H and O–H groups in total. The van der Waals surface area contributed by atoms with E-state index in [-0.39, 0.29) is 47.0 Å². The van der Waals surface area contributed by atoms with Crippen molar-refractivity contribution in [1.29, 1.82) is 0 Å². The Kier molecular flexibility index (Phi) is 10.3. The molecule has 224 valence electrons. The average Bonchev–Trinajstić information content (AvgIpc) is 3.34. The second kappa shape index (κ2) is 13.0. The molecule has 41 heavy (non-hydrogen) atoms. The summed E-state index contributed by atoms with van der Waals surface area (Å²) in [4.78, 5) is 2.34. The standard InChI is InChI=1S/C29H38N2O6S2Se2/c1-6-23(17-28-30(9-7-11-38(32,33)34)24-13-19(2)21(4)15-26(24)40-28)18-29-31(10-8-12-39(35,36)37)25-14-20(3)22(5)16-27(25)41-29/h13,15-18,25H,6-12,14H2,1-5H3,(H-,32,33,34,35,36,37)/p+1. The van der Waals surface area contributed by atoms with Gasteiger partial charge in [-0.2, -0.15) is 0 Å². The van der Waals surface area contributed by atoms with Crippen LogP contribution in [0.3, 0.4) is 0 Å². The zero-order chi connectivity index (χ0) is 30.1. The van der Waals surface area contributed by atoms with Crippen molar-refractivity contribution in [3.63, 3.8) is 0 Å². The molecule has 1 aromatic heterocycles. The van der Waals surface area contributed by atoms with E-state index in [1.165, 1.54) is 41.2 Å². The van der Waals surface area contributed by atoms with Crippen molar-refractivity contribution in [1.82, 2.24) is 4.90 Å². The van der Waals surface area contributed by atoms with Gasteiger partial charge in [-0.15, -0.1) is 0 Å². The van der Waals surface area contributed by atoms with Crippen LogP contribution in [0.25, 0.3) is 15.9 Å². The summed E-state index contributed by atoms with van der Waals surface area (Å²) in [6.45, 7) is 11.7. The van der Waals surface area contributed by atoms with Gasteiger partial charge in [-0.1, -0.05) is 0 Å². The van der Waals surface area contributed by atoms with Crippen LogP contribution in [0.4, 0.5) is 0 Å². The van der Waals surface area contributed by atoms with Gasteiger partial charge >= 0.3 is 258 Å². The number of aryl methyl sites for hydroxylation is 3. The Morgan fingerprint density at radius 2 is 1.71 bits per heavy atom. The van der Waals surface area contributed by atoms with Crippen LogP contribution >= 0.6 is 0 Å². The van der Waals surface area contributed by atoms with Crippen LogP contribution in [-0.4, -0.2) is 84.4 Å². The maximum atomic E-state index is 11.4. The van der Waals surface area contributed by atoms with Crippen molar-refractivity contribution in [2.75, 3.05) is 18.1 Å². The van der Waals surface area contributed by atoms with E-state index in [2.05, 4.69) is 74.4 Å². The van der Waals surface area contributed by atoms with Crippen LogP contribution in [0.15, 0.2) is 50.1 Å². The number of benzene rings is 1. The molecule has 1 aliphatic carbocycles. The van der Waals surface area contributed by atoms with Crippen LogP contribution in [0, 0.1) is 13.8 Å². The molecule has 0 radical (unpaired) electrons. The molecule has 8 nitrogen and oxygen atoms in total. The fourth-order valence-electron chi connectivity index (χ4n) is 5.13. The van der Waals surface area contributed by atoms with E-state index >= 15 is 0 Å². The van der Waals surface area contributed by atoms with Crippen LogP contribution in [0.5, 0.6) is 0 Å². The summed E-state index contributed by atoms with van der Waals surface area (Å²) in [7, 11) is -8.05. The van der Waals surface area contributed by atoms with Gasteiger partial charge in [0.25, 0.3) is 0 Å². The second-order valence-corrected chi connectivity index (χ2v) is 18.5. The predicted molar refractivity (Wildman–Crippen MR) is 166 cm³/mol. The van der Waals surface area contributed by atoms with Gasteiger partial charge in [0.1, 0.15) is 0 Å². The van der Waals surface area contributed by atoms with E-state index in [4.69, 9.17) is 0 Å². The first-order chi connectivity index (χ1) is 19.1. The van der Waals surface area contributed by atoms with Crippen molar-refractivity contribution in [3.8, 4) is 0 Å². The van der Waals surface area contributed by atoms with Gasteiger partial charge in [0.15, 0.2) is 0 Å². The van der Waals surface area contributed by atoms with Gasteiger partial charge in [0.2, 0.25) is 0 Å². The number of hydrogen-bond acceptors (Lipinski definition) is 5. The Morgan fingerprint density at radius 1 is 1.05 bits per heavy atom. The zero-order valence-corrected chi connectivity index (χ0v) is 29.2. The summed E-state index contributed by atoms with van der Waals surface area (Å²) in [6, 6.07) is 4.63. The van der Waals surface area contributed by atoms with E-state index in [1.54, 1.807) is 0 Å². The molecule has 0 spiro atoms. The van der Waals surface area contributed by atoms with Crippen molar-refractivity contribution in [3.05, 3.63) is 65.8 Å². The van der Waals surface area contributed by atoms with Gasteiger partial charge in [0, 0.05) is 0 Å². The molecule has 2 heterocycles. The third-order valence-corrected chi connectivity index (χ3v) is 14.1. The molecule has 0 bridgehead atoms. The molecule has 1 aliphatic heterocycles. The Labute approximate surface area is 256 Å². The topological polar surface area (TPSA) is 116 Å². The molecule has 12 heteroatoms. The molecule has 1 aromatic carbocycles. The Hall–Kier alpha value is -1.49. The fourth-order valence-corrected chi connectivity index (χ4v) is 11.6. The summed E-state index contributed by atoms with van der Waals surface area (Å²) in [5.41, 5.74) is 7.34. The molecule has 1 unspecified atom stereocenters. The molecule has 1 saturated heterocycles. The first-order valence-corrected chi connectivity index (χ1v) is 20.4. The Morgan fingerprint density at radius 3 is 2.37 bits per heavy atom. The van der Waals surface area contributed by atoms with E-state index < -0.39 is 20.2 Å². The number of rotatable bonds is 11. The first kappa shape index (κ1) is 32.4. The minimum atomic E-state index is -4.03. The van der Waals surface area contributed by atoms with Gasteiger partial charge in [-0.25, -0.2) is 0 Å². The number of allylic oxidation sites excluding steroid dienone is 4. The van der Waals surface area contributed by atoms with Crippen LogP contribution in [0.2, 0.25) is 0 Å². The number of hydrogen-bond donors (Lipinski definition) is 2. The molecule has 2 aliphatic rings. The quantitative estimate of drug-likeness (QED) is 0.204. The summed E-state index contributed by atoms with van der Waals surface area (Å²) >= 11 is 0.159. The summed E-state index contributed by atoms with van der Waals surface area (Å²) in [5, 5.41) is 0. The third-order valence-electron chi connectivity index (χ3n) is 7.70. The molecular formula is C29H39N2O6S2Se2+. The van der Waals surface area contributed by atoms with E-state index in [9.17, 15) is 25.9 Å². The van der Waals surface area contributed by atoms with Crippen molar-refractivity contribution in [2.24, 2.45) is 0 Å². The second-order valence-electron chi connectivity index (χ2n) is 10.9. The van der Waals surface area contributed by atoms with E-state index in [1.807, 2.05) is 0 Å². The van der Waals surface area contributed by atoms with Crippen molar-refractivity contribution >= 4 is 65.5 Å². The summed E-state index contributed by atoms with van der Waals surface area (Å²) in [5.74, 6) is -0.529. The molecule has 2 aromatic rings. The Bertz CT molecular complexity index is 1680.